The van der Waals surface area contributed by atoms with Crippen LogP contribution in [-0.4, -0.2) is 123 Å². The van der Waals surface area contributed by atoms with E-state index in [1.807, 2.05) is 4.98 Å². The molecule has 2 fully saturated rings. The van der Waals surface area contributed by atoms with Gasteiger partial charge < -0.3 is 60.1 Å². The second-order valence-electron chi connectivity index (χ2n) is 8.36. The van der Waals surface area contributed by atoms with Crippen molar-refractivity contribution in [2.75, 3.05) is 13.2 Å². The molecule has 1 aromatic heterocycles. The van der Waals surface area contributed by atoms with Crippen molar-refractivity contribution < 1.29 is 77.6 Å². The van der Waals surface area contributed by atoms with Crippen molar-refractivity contribution in [3.8, 4) is 0 Å². The molecular weight excluding hydrogens is 596 g/mol. The molecule has 2 aliphatic rings. The molecule has 0 aromatic carbocycles. The van der Waals surface area contributed by atoms with Crippen LogP contribution < -0.4 is 16.6 Å². The van der Waals surface area contributed by atoms with Crippen molar-refractivity contribution in [1.29, 1.82) is 0 Å². The van der Waals surface area contributed by atoms with Crippen LogP contribution in [0, 0.1) is 0 Å². The van der Waals surface area contributed by atoms with E-state index in [1.165, 1.54) is 6.92 Å². The predicted octanol–water partition coefficient (Wildman–Crippen LogP) is -5.70. The van der Waals surface area contributed by atoms with Gasteiger partial charge in [-0.05, 0) is 0 Å². The normalized spacial score (nSPS) is 33.9. The molecule has 0 aliphatic carbocycles. The van der Waals surface area contributed by atoms with Crippen molar-refractivity contribution in [3.05, 3.63) is 33.1 Å². The van der Waals surface area contributed by atoms with E-state index in [2.05, 4.69) is 14.2 Å². The van der Waals surface area contributed by atoms with Gasteiger partial charge in [-0.2, -0.15) is 4.31 Å². The second kappa shape index (κ2) is 13.8. The average Bonchev–Trinajstić information content (AvgIpc) is 3.10. The highest BCUT2D eigenvalue weighted by Crippen LogP contribution is 2.57. The Balaban J connectivity index is 0.000000319. The van der Waals surface area contributed by atoms with Gasteiger partial charge in [-0.1, -0.05) is 0 Å². The second-order valence-corrected chi connectivity index (χ2v) is 11.2. The number of carbonyl (C=O) groups excluding carboxylic acids is 1. The van der Waals surface area contributed by atoms with Crippen molar-refractivity contribution >= 4 is 21.6 Å². The van der Waals surface area contributed by atoms with Gasteiger partial charge in [0.1, 0.15) is 42.7 Å². The standard InChI is InChI=1S/C9H14N2O12P2.C8H15NO6/c12-5-1-2-11(9(15)10-5)8-7(14)6(13)4(22-8)3-21-25(19,20)23-24(16,17)18;1-3(11)9-5-7(13)6(12)4(2-10)15-8(5)14/h1-2,4,6-8,13-14H,3H2,(H,19,20)(H,10,12,15)(H2,16,17,18);4-8,10,12-14H,2H2,1H3,(H,9,11)/t4-,6-,7-,8-;4-,5+,6-,7-,8?/m11/s1. The summed E-state index contributed by atoms with van der Waals surface area (Å²) in [6.45, 7) is -0.216. The SMILES string of the molecule is CC(=O)N[C@@H]1C(O)O[C@H](CO)[C@@H](O)[C@@H]1O.O=c1ccn([C@@H]2O[C@H](COP(=O)(O)OP(=O)(O)O)[C@@H](O)[C@H]2O)c(=O)[nH]1. The Morgan fingerprint density at radius 2 is 1.62 bits per heavy atom. The largest absolute Gasteiger partial charge is 0.481 e. The van der Waals surface area contributed by atoms with Gasteiger partial charge in [0.2, 0.25) is 5.91 Å². The number of carbonyl (C=O) groups is 1. The van der Waals surface area contributed by atoms with Gasteiger partial charge in [0, 0.05) is 19.2 Å². The molecule has 0 radical (unpaired) electrons. The van der Waals surface area contributed by atoms with Gasteiger partial charge in [-0.15, -0.1) is 0 Å². The van der Waals surface area contributed by atoms with Crippen LogP contribution in [-0.2, 0) is 32.2 Å². The molecule has 1 aromatic rings. The molecule has 3 rings (SSSR count). The molecule has 40 heavy (non-hydrogen) atoms. The molecule has 10 atom stereocenters. The van der Waals surface area contributed by atoms with Crippen LogP contribution in [0.3, 0.4) is 0 Å². The molecule has 2 saturated heterocycles. The number of aliphatic hydroxyl groups is 6. The molecule has 2 aliphatic heterocycles. The fourth-order valence-electron chi connectivity index (χ4n) is 3.54. The zero-order valence-corrected chi connectivity index (χ0v) is 22.1. The van der Waals surface area contributed by atoms with E-state index in [0.29, 0.717) is 0 Å². The third kappa shape index (κ3) is 9.31. The highest BCUT2D eigenvalue weighted by atomic mass is 31.3. The molecule has 1 amide bonds. The fourth-order valence-corrected chi connectivity index (χ4v) is 5.14. The van der Waals surface area contributed by atoms with Gasteiger partial charge in [-0.3, -0.25) is 23.7 Å². The van der Waals surface area contributed by atoms with E-state index in [4.69, 9.17) is 29.3 Å². The number of nitrogens with zero attached hydrogens (tertiary/aromatic N) is 1. The number of hydrogen-bond acceptors (Lipinski definition) is 15. The first-order chi connectivity index (χ1) is 18.4. The van der Waals surface area contributed by atoms with Crippen LogP contribution in [0.15, 0.2) is 21.9 Å². The van der Waals surface area contributed by atoms with Crippen LogP contribution in [0.5, 0.6) is 0 Å². The quantitative estimate of drug-likeness (QED) is 0.120. The summed E-state index contributed by atoms with van der Waals surface area (Å²) < 4.78 is 40.5. The Morgan fingerprint density at radius 3 is 2.15 bits per heavy atom. The van der Waals surface area contributed by atoms with Crippen molar-refractivity contribution in [3.63, 3.8) is 0 Å². The third-order valence-corrected chi connectivity index (χ3v) is 7.50. The number of phosphoric ester groups is 1. The number of rotatable bonds is 8. The summed E-state index contributed by atoms with van der Waals surface area (Å²) in [7, 11) is -10.5. The lowest BCUT2D eigenvalue weighted by Gasteiger charge is -2.40. The summed E-state index contributed by atoms with van der Waals surface area (Å²) >= 11 is 0. The first-order valence-corrected chi connectivity index (χ1v) is 14.0. The molecule has 23 heteroatoms. The Hall–Kier alpha value is -1.91. The van der Waals surface area contributed by atoms with Crippen LogP contribution in [0.4, 0.5) is 0 Å². The van der Waals surface area contributed by atoms with Gasteiger partial charge in [0.05, 0.1) is 13.2 Å². The molecule has 0 bridgehead atoms. The zero-order valence-electron chi connectivity index (χ0n) is 20.3. The van der Waals surface area contributed by atoms with E-state index < -0.39 is 101 Å². The minimum Gasteiger partial charge on any atom is -0.394 e. The number of aromatic nitrogens is 2. The summed E-state index contributed by atoms with van der Waals surface area (Å²) in [4.78, 5) is 61.4. The summed E-state index contributed by atoms with van der Waals surface area (Å²) in [5.41, 5.74) is -1.65. The van der Waals surface area contributed by atoms with Crippen LogP contribution >= 0.6 is 15.6 Å². The number of amides is 1. The lowest BCUT2D eigenvalue weighted by molar-refractivity contribution is -0.253. The van der Waals surface area contributed by atoms with Crippen molar-refractivity contribution in [2.45, 2.75) is 62.1 Å². The predicted molar refractivity (Wildman–Crippen MR) is 124 cm³/mol. The van der Waals surface area contributed by atoms with E-state index in [0.717, 1.165) is 16.8 Å². The van der Waals surface area contributed by atoms with Gasteiger partial charge >= 0.3 is 21.3 Å². The third-order valence-electron chi connectivity index (χ3n) is 5.34. The lowest BCUT2D eigenvalue weighted by atomic mass is 9.97. The minimum atomic E-state index is -5.32. The molecule has 0 saturated carbocycles. The number of aliphatic hydroxyl groups excluding tert-OH is 6. The van der Waals surface area contributed by atoms with Crippen molar-refractivity contribution in [2.24, 2.45) is 0 Å². The summed E-state index contributed by atoms with van der Waals surface area (Å²) in [5, 5.41) is 59.2. The number of phosphoric acid groups is 2. The smallest absolute Gasteiger partial charge is 0.394 e. The van der Waals surface area contributed by atoms with E-state index in [1.54, 1.807) is 0 Å². The van der Waals surface area contributed by atoms with Crippen LogP contribution in [0.1, 0.15) is 13.2 Å². The monoisotopic (exact) mass is 625 g/mol. The first-order valence-electron chi connectivity index (χ1n) is 11.0. The molecule has 2 unspecified atom stereocenters. The van der Waals surface area contributed by atoms with Gasteiger partial charge in [0.15, 0.2) is 12.5 Å². The zero-order chi connectivity index (χ0) is 30.6. The van der Waals surface area contributed by atoms with Gasteiger partial charge in [0.25, 0.3) is 5.56 Å². The minimum absolute atomic E-state index is 0.462. The molecule has 230 valence electrons. The Morgan fingerprint density at radius 1 is 1.02 bits per heavy atom. The van der Waals surface area contributed by atoms with Crippen molar-refractivity contribution in [1.82, 2.24) is 14.9 Å². The number of hydrogen-bond donors (Lipinski definition) is 11. The Kier molecular flexibility index (Phi) is 11.9. The maximum atomic E-state index is 11.7. The van der Waals surface area contributed by atoms with Crippen LogP contribution in [0.2, 0.25) is 0 Å². The fraction of sp³-hybridized carbons (Fsp3) is 0.706. The number of ether oxygens (including phenoxy) is 2. The van der Waals surface area contributed by atoms with E-state index >= 15 is 0 Å². The molecular formula is C17H29N3O18P2. The van der Waals surface area contributed by atoms with E-state index in [9.17, 15) is 49.0 Å². The first kappa shape index (κ1) is 34.3. The molecule has 11 N–H and O–H groups in total. The summed E-state index contributed by atoms with van der Waals surface area (Å²) in [6, 6.07) is -0.135. The van der Waals surface area contributed by atoms with Gasteiger partial charge in [-0.25, -0.2) is 13.9 Å². The average molecular weight is 625 g/mol. The Bertz CT molecular complexity index is 1220. The highest BCUT2D eigenvalue weighted by Gasteiger charge is 2.46. The van der Waals surface area contributed by atoms with Crippen LogP contribution in [0.25, 0.3) is 0 Å². The lowest BCUT2D eigenvalue weighted by Crippen LogP contribution is -2.63. The maximum absolute atomic E-state index is 11.7. The maximum Gasteiger partial charge on any atom is 0.481 e. The summed E-state index contributed by atoms with van der Waals surface area (Å²) in [6.07, 6.45) is -10.5. The number of aromatic amines is 1. The number of H-pyrrole nitrogens is 1. The van der Waals surface area contributed by atoms with E-state index in [-0.39, 0.29) is 0 Å². The highest BCUT2D eigenvalue weighted by molar-refractivity contribution is 7.60. The Labute approximate surface area is 223 Å². The molecule has 0 spiro atoms. The molecule has 3 heterocycles. The number of nitrogens with one attached hydrogen (secondary N) is 2. The molecule has 21 nitrogen and oxygen atoms in total. The summed E-state index contributed by atoms with van der Waals surface area (Å²) in [5.74, 6) is -0.462. The topological polar surface area (TPSA) is 337 Å².